The molecule has 8 rings (SSSR count). The third kappa shape index (κ3) is 8.31. The van der Waals surface area contributed by atoms with Gasteiger partial charge in [-0.1, -0.05) is 11.6 Å². The molecule has 3 aromatic rings. The molecule has 3 saturated heterocycles. The van der Waals surface area contributed by atoms with E-state index in [1.54, 1.807) is 24.3 Å². The van der Waals surface area contributed by atoms with Gasteiger partial charge in [-0.2, -0.15) is 5.26 Å². The quantitative estimate of drug-likeness (QED) is 0.308. The Morgan fingerprint density at radius 3 is 2.31 bits per heavy atom. The summed E-state index contributed by atoms with van der Waals surface area (Å²) in [5.41, 5.74) is 0.481. The van der Waals surface area contributed by atoms with E-state index in [4.69, 9.17) is 25.7 Å². The molecule has 5 amide bonds. The summed E-state index contributed by atoms with van der Waals surface area (Å²) < 4.78 is 46.1. The Labute approximate surface area is 350 Å². The van der Waals surface area contributed by atoms with Crippen LogP contribution in [0, 0.1) is 23.1 Å². The number of imide groups is 2. The van der Waals surface area contributed by atoms with Gasteiger partial charge in [-0.25, -0.2) is 4.39 Å². The zero-order chi connectivity index (χ0) is 43.9. The zero-order valence-electron chi connectivity index (χ0n) is 35.2. The minimum absolute atomic E-state index is 0.00262. The number of anilines is 2. The molecule has 1 aliphatic carbocycles. The van der Waals surface area contributed by atoms with Crippen molar-refractivity contribution in [3.63, 3.8) is 0 Å². The van der Waals surface area contributed by atoms with Crippen molar-refractivity contribution in [3.8, 4) is 11.8 Å². The van der Waals surface area contributed by atoms with Crippen LogP contribution < -0.4 is 19.9 Å². The lowest BCUT2D eigenvalue weighted by Gasteiger charge is -2.40. The fourth-order valence-corrected chi connectivity index (χ4v) is 8.99. The minimum Gasteiger partial charge on any atom is -0.490 e. The van der Waals surface area contributed by atoms with Crippen molar-refractivity contribution in [2.24, 2.45) is 5.92 Å². The maximum Gasteiger partial charge on any atom is 0.274 e. The number of aromatic nitrogens is 2. The normalized spacial score (nSPS) is 23.8. The van der Waals surface area contributed by atoms with Crippen molar-refractivity contribution < 1.29 is 37.2 Å². The number of amides is 5. The topological polar surface area (TPSA) is 172 Å². The summed E-state index contributed by atoms with van der Waals surface area (Å²) in [6, 6.07) is 10.9. The molecule has 1 aromatic heterocycles. The van der Waals surface area contributed by atoms with Crippen LogP contribution >= 0.6 is 11.6 Å². The summed E-state index contributed by atoms with van der Waals surface area (Å²) in [5.74, 6) is -2.41. The number of rotatable bonds is 9. The highest BCUT2D eigenvalue weighted by Gasteiger charge is 2.45. The standard InChI is InChI=1S/C42H45ClFN9O6/c1-49(27-3-6-28(7-4-27)59-29-5-2-26(23-45)32(43)20-29)42(58)34-8-10-37(48-47-34)52-14-12-25(13-15-52)24-50-16-18-51(19-17-50)36-22-31-30(21-33(36)44)40(56)53(41(31)57)35-9-11-38(54)46-39(35)55/h2,5,8,10,20-22,25,27-28,35H,3-4,6-7,9,11-19,24H2,1H3,(H,46,54,55)/i1D3. The molecule has 0 radical (unpaired) electrons. The van der Waals surface area contributed by atoms with Crippen LogP contribution in [0.5, 0.6) is 5.75 Å². The molecule has 1 saturated carbocycles. The molecule has 0 bridgehead atoms. The lowest BCUT2D eigenvalue weighted by Crippen LogP contribution is -2.54. The highest BCUT2D eigenvalue weighted by molar-refractivity contribution is 6.31. The molecule has 1 unspecified atom stereocenters. The lowest BCUT2D eigenvalue weighted by atomic mass is 9.92. The number of piperazine rings is 1. The number of fused-ring (bicyclic) bond motifs is 1. The molecule has 1 atom stereocenters. The number of nitrogens with one attached hydrogen (secondary N) is 1. The van der Waals surface area contributed by atoms with Crippen molar-refractivity contribution in [2.75, 3.05) is 62.6 Å². The van der Waals surface area contributed by atoms with E-state index in [9.17, 15) is 24.0 Å². The van der Waals surface area contributed by atoms with Crippen LogP contribution in [-0.4, -0.2) is 125 Å². The van der Waals surface area contributed by atoms with Crippen LogP contribution in [0.15, 0.2) is 42.5 Å². The highest BCUT2D eigenvalue weighted by atomic mass is 35.5. The van der Waals surface area contributed by atoms with Gasteiger partial charge in [0.2, 0.25) is 11.8 Å². The second kappa shape index (κ2) is 16.9. The predicted molar refractivity (Wildman–Crippen MR) is 214 cm³/mol. The first kappa shape index (κ1) is 36.4. The molecule has 5 aliphatic rings. The summed E-state index contributed by atoms with van der Waals surface area (Å²) in [7, 11) is 0. The number of carbonyl (C=O) groups is 5. The zero-order valence-corrected chi connectivity index (χ0v) is 33.0. The molecular weight excluding hydrogens is 781 g/mol. The van der Waals surface area contributed by atoms with Crippen molar-refractivity contribution in [1.82, 2.24) is 30.2 Å². The Hall–Kier alpha value is -5.66. The molecule has 0 spiro atoms. The summed E-state index contributed by atoms with van der Waals surface area (Å²) >= 11 is 6.15. The second-order valence-corrected chi connectivity index (χ2v) is 16.2. The highest BCUT2D eigenvalue weighted by Crippen LogP contribution is 2.34. The Morgan fingerprint density at radius 1 is 0.932 bits per heavy atom. The predicted octanol–water partition coefficient (Wildman–Crippen LogP) is 4.04. The average Bonchev–Trinajstić information content (AvgIpc) is 3.48. The van der Waals surface area contributed by atoms with Crippen molar-refractivity contribution in [1.29, 1.82) is 5.26 Å². The van der Waals surface area contributed by atoms with Crippen molar-refractivity contribution in [3.05, 3.63) is 75.7 Å². The number of hydrogen-bond donors (Lipinski definition) is 1. The first-order valence-corrected chi connectivity index (χ1v) is 20.4. The molecule has 4 fully saturated rings. The van der Waals surface area contributed by atoms with Gasteiger partial charge >= 0.3 is 0 Å². The fourth-order valence-electron chi connectivity index (χ4n) is 8.77. The Balaban J connectivity index is 0.803. The first-order valence-electron chi connectivity index (χ1n) is 21.5. The first-order chi connectivity index (χ1) is 29.7. The summed E-state index contributed by atoms with van der Waals surface area (Å²) in [6.07, 6.45) is 3.48. The van der Waals surface area contributed by atoms with E-state index < -0.39 is 54.4 Å². The van der Waals surface area contributed by atoms with Crippen LogP contribution in [0.25, 0.3) is 0 Å². The largest absolute Gasteiger partial charge is 0.490 e. The van der Waals surface area contributed by atoms with Crippen molar-refractivity contribution in [2.45, 2.75) is 69.6 Å². The number of nitriles is 1. The van der Waals surface area contributed by atoms with Gasteiger partial charge in [0.05, 0.1) is 33.5 Å². The van der Waals surface area contributed by atoms with Gasteiger partial charge in [0.15, 0.2) is 11.5 Å². The van der Waals surface area contributed by atoms with E-state index in [1.807, 2.05) is 11.0 Å². The van der Waals surface area contributed by atoms with E-state index in [2.05, 4.69) is 25.3 Å². The summed E-state index contributed by atoms with van der Waals surface area (Å²) in [6.45, 7) is 1.97. The van der Waals surface area contributed by atoms with E-state index in [0.29, 0.717) is 79.9 Å². The molecule has 4 aliphatic heterocycles. The van der Waals surface area contributed by atoms with Gasteiger partial charge in [0, 0.05) is 75.4 Å². The Bertz CT molecular complexity index is 2310. The number of hydrogen-bond acceptors (Lipinski definition) is 12. The second-order valence-electron chi connectivity index (χ2n) is 15.8. The smallest absolute Gasteiger partial charge is 0.274 e. The number of halogens is 2. The Kier molecular flexibility index (Phi) is 10.4. The minimum atomic E-state index is -2.69. The maximum absolute atomic E-state index is 15.5. The summed E-state index contributed by atoms with van der Waals surface area (Å²) in [4.78, 5) is 72.2. The molecule has 5 heterocycles. The van der Waals surface area contributed by atoms with E-state index in [0.717, 1.165) is 48.3 Å². The van der Waals surface area contributed by atoms with Crippen LogP contribution in [0.4, 0.5) is 15.9 Å². The third-order valence-electron chi connectivity index (χ3n) is 12.1. The molecular formula is C42H45ClFN9O6. The number of piperidine rings is 2. The van der Waals surface area contributed by atoms with Gasteiger partial charge in [0.1, 0.15) is 23.7 Å². The fraction of sp³-hybridized carbons (Fsp3) is 0.476. The molecule has 17 heteroatoms. The molecule has 15 nitrogen and oxygen atoms in total. The summed E-state index contributed by atoms with van der Waals surface area (Å²) in [5, 5.41) is 20.1. The van der Waals surface area contributed by atoms with Crippen LogP contribution in [-0.2, 0) is 9.59 Å². The van der Waals surface area contributed by atoms with Gasteiger partial charge in [0.25, 0.3) is 17.7 Å². The Morgan fingerprint density at radius 2 is 1.66 bits per heavy atom. The maximum atomic E-state index is 15.5. The SMILES string of the molecule is [2H]C([2H])([2H])N(C(=O)c1ccc(N2CCC(CN3CCN(c4cc5c(cc4F)C(=O)N(C4CCC(=O)NC4=O)C5=O)CC3)CC2)nn1)C1CCC(Oc2ccc(C#N)c(Cl)c2)CC1. The van der Waals surface area contributed by atoms with Gasteiger partial charge in [-0.15, -0.1) is 10.2 Å². The van der Waals surface area contributed by atoms with Gasteiger partial charge in [-0.3, -0.25) is 39.1 Å². The van der Waals surface area contributed by atoms with Crippen LogP contribution in [0.3, 0.4) is 0 Å². The monoisotopic (exact) mass is 828 g/mol. The molecule has 2 aromatic carbocycles. The molecule has 308 valence electrons. The number of ether oxygens (including phenoxy) is 1. The van der Waals surface area contributed by atoms with E-state index in [1.165, 1.54) is 12.1 Å². The average molecular weight is 829 g/mol. The lowest BCUT2D eigenvalue weighted by molar-refractivity contribution is -0.136. The number of benzene rings is 2. The van der Waals surface area contributed by atoms with E-state index >= 15 is 4.39 Å². The number of nitrogens with zero attached hydrogens (tertiary/aromatic N) is 8. The van der Waals surface area contributed by atoms with Crippen LogP contribution in [0.2, 0.25) is 5.02 Å². The van der Waals surface area contributed by atoms with Gasteiger partial charge in [-0.05, 0) is 87.3 Å². The van der Waals surface area contributed by atoms with Crippen molar-refractivity contribution >= 4 is 52.6 Å². The van der Waals surface area contributed by atoms with Crippen LogP contribution in [0.1, 0.15) is 92.2 Å². The third-order valence-corrected chi connectivity index (χ3v) is 12.4. The molecule has 1 N–H and O–H groups in total. The van der Waals surface area contributed by atoms with Gasteiger partial charge < -0.3 is 19.4 Å². The molecule has 59 heavy (non-hydrogen) atoms. The number of carbonyl (C=O) groups excluding carboxylic acids is 5. The van der Waals surface area contributed by atoms with E-state index in [-0.39, 0.29) is 41.5 Å².